The molecule has 2 aromatic rings. The Balaban J connectivity index is 2.40. The van der Waals surface area contributed by atoms with Gasteiger partial charge in [-0.3, -0.25) is 4.72 Å². The molecule has 2 rings (SSSR count). The van der Waals surface area contributed by atoms with Crippen molar-refractivity contribution >= 4 is 47.6 Å². The molecule has 7 heteroatoms. The topological polar surface area (TPSA) is 66.4 Å². The molecule has 0 bridgehead atoms. The van der Waals surface area contributed by atoms with E-state index in [-0.39, 0.29) is 10.6 Å². The highest BCUT2D eigenvalue weighted by atomic mass is 79.9. The molecule has 0 saturated carbocycles. The summed E-state index contributed by atoms with van der Waals surface area (Å²) < 4.78 is 28.4. The lowest BCUT2D eigenvalue weighted by molar-refractivity contribution is 0.475. The van der Waals surface area contributed by atoms with E-state index in [0.29, 0.717) is 14.6 Å². The molecule has 0 aliphatic heterocycles. The number of nitrogens with one attached hydrogen (secondary N) is 1. The standard InChI is InChI=1S/C13H11Br2NO3S/c1-8-6-12(15)13(7-11(8)14)20(18,19)16-9-2-4-10(17)5-3-9/h2-7,16-17H,1H3. The number of phenols is 1. The first-order valence-corrected chi connectivity index (χ1v) is 8.64. The zero-order valence-corrected chi connectivity index (χ0v) is 14.4. The van der Waals surface area contributed by atoms with E-state index in [1.54, 1.807) is 12.1 Å². The van der Waals surface area contributed by atoms with Crippen LogP contribution < -0.4 is 4.72 Å². The number of aromatic hydroxyl groups is 1. The zero-order chi connectivity index (χ0) is 14.9. The summed E-state index contributed by atoms with van der Waals surface area (Å²) in [6.07, 6.45) is 0. The van der Waals surface area contributed by atoms with E-state index >= 15 is 0 Å². The summed E-state index contributed by atoms with van der Waals surface area (Å²) in [6, 6.07) is 9.08. The van der Waals surface area contributed by atoms with E-state index in [0.717, 1.165) is 5.56 Å². The Morgan fingerprint density at radius 3 is 2.25 bits per heavy atom. The smallest absolute Gasteiger partial charge is 0.263 e. The summed E-state index contributed by atoms with van der Waals surface area (Å²) in [5, 5.41) is 9.19. The Kier molecular flexibility index (Phi) is 4.41. The number of phenolic OH excluding ortho intramolecular Hbond substituents is 1. The van der Waals surface area contributed by atoms with Crippen LogP contribution in [-0.4, -0.2) is 13.5 Å². The van der Waals surface area contributed by atoms with Crippen molar-refractivity contribution in [2.45, 2.75) is 11.8 Å². The fourth-order valence-electron chi connectivity index (χ4n) is 1.57. The lowest BCUT2D eigenvalue weighted by Gasteiger charge is -2.11. The molecule has 0 saturated heterocycles. The normalized spacial score (nSPS) is 11.3. The van der Waals surface area contributed by atoms with Crippen LogP contribution in [0.1, 0.15) is 5.56 Å². The molecule has 0 aromatic heterocycles. The second kappa shape index (κ2) is 5.75. The van der Waals surface area contributed by atoms with Gasteiger partial charge in [-0.1, -0.05) is 15.9 Å². The van der Waals surface area contributed by atoms with Crippen LogP contribution in [0, 0.1) is 6.92 Å². The second-order valence-electron chi connectivity index (χ2n) is 4.18. The molecule has 4 nitrogen and oxygen atoms in total. The SMILES string of the molecule is Cc1cc(Br)c(S(=O)(=O)Nc2ccc(O)cc2)cc1Br. The molecule has 106 valence electrons. The number of hydrogen-bond acceptors (Lipinski definition) is 3. The molecule has 0 atom stereocenters. The van der Waals surface area contributed by atoms with E-state index < -0.39 is 10.0 Å². The minimum absolute atomic E-state index is 0.0761. The number of anilines is 1. The Labute approximate surface area is 134 Å². The highest BCUT2D eigenvalue weighted by Crippen LogP contribution is 2.30. The minimum atomic E-state index is -3.70. The van der Waals surface area contributed by atoms with Crippen molar-refractivity contribution in [2.75, 3.05) is 4.72 Å². The van der Waals surface area contributed by atoms with E-state index in [1.165, 1.54) is 24.3 Å². The van der Waals surface area contributed by atoms with Crippen LogP contribution >= 0.6 is 31.9 Å². The van der Waals surface area contributed by atoms with Crippen LogP contribution in [-0.2, 0) is 10.0 Å². The van der Waals surface area contributed by atoms with Crippen LogP contribution in [0.25, 0.3) is 0 Å². The number of benzene rings is 2. The summed E-state index contributed by atoms with van der Waals surface area (Å²) in [4.78, 5) is 0.142. The van der Waals surface area contributed by atoms with Gasteiger partial charge in [0.05, 0.1) is 0 Å². The molecule has 20 heavy (non-hydrogen) atoms. The van der Waals surface area contributed by atoms with Gasteiger partial charge in [0.1, 0.15) is 10.6 Å². The van der Waals surface area contributed by atoms with Crippen molar-refractivity contribution < 1.29 is 13.5 Å². The molecule has 0 fully saturated rings. The van der Waals surface area contributed by atoms with Crippen LogP contribution in [0.2, 0.25) is 0 Å². The van der Waals surface area contributed by atoms with Crippen molar-refractivity contribution in [2.24, 2.45) is 0 Å². The first-order valence-electron chi connectivity index (χ1n) is 5.57. The number of aryl methyl sites for hydroxylation is 1. The fraction of sp³-hybridized carbons (Fsp3) is 0.0769. The third kappa shape index (κ3) is 3.34. The molecule has 0 aliphatic carbocycles. The first-order chi connectivity index (χ1) is 9.29. The molecule has 0 amide bonds. The number of hydrogen-bond donors (Lipinski definition) is 2. The average molecular weight is 421 g/mol. The van der Waals surface area contributed by atoms with Gasteiger partial charge in [0, 0.05) is 14.6 Å². The van der Waals surface area contributed by atoms with Crippen molar-refractivity contribution in [1.82, 2.24) is 0 Å². The molecule has 0 aliphatic rings. The van der Waals surface area contributed by atoms with Gasteiger partial charge in [-0.2, -0.15) is 0 Å². The van der Waals surface area contributed by atoms with Crippen molar-refractivity contribution in [3.63, 3.8) is 0 Å². The third-order valence-electron chi connectivity index (χ3n) is 2.62. The maximum absolute atomic E-state index is 12.3. The first kappa shape index (κ1) is 15.3. The monoisotopic (exact) mass is 419 g/mol. The molecule has 0 heterocycles. The molecular formula is C13H11Br2NO3S. The molecule has 0 radical (unpaired) electrons. The van der Waals surface area contributed by atoms with Gasteiger partial charge >= 0.3 is 0 Å². The highest BCUT2D eigenvalue weighted by Gasteiger charge is 2.19. The Morgan fingerprint density at radius 1 is 1.05 bits per heavy atom. The number of sulfonamides is 1. The molecule has 2 aromatic carbocycles. The van der Waals surface area contributed by atoms with Gasteiger partial charge < -0.3 is 5.11 Å². The second-order valence-corrected chi connectivity index (χ2v) is 7.54. The largest absolute Gasteiger partial charge is 0.508 e. The number of rotatable bonds is 3. The van der Waals surface area contributed by atoms with Crippen molar-refractivity contribution in [1.29, 1.82) is 0 Å². The molecule has 2 N–H and O–H groups in total. The minimum Gasteiger partial charge on any atom is -0.508 e. The molecule has 0 unspecified atom stereocenters. The summed E-state index contributed by atoms with van der Waals surface area (Å²) in [7, 11) is -3.70. The van der Waals surface area contributed by atoms with E-state index in [2.05, 4.69) is 36.6 Å². The van der Waals surface area contributed by atoms with Crippen molar-refractivity contribution in [3.05, 3.63) is 50.9 Å². The summed E-state index contributed by atoms with van der Waals surface area (Å²) in [5.74, 6) is 0.0761. The van der Waals surface area contributed by atoms with E-state index in [1.807, 2.05) is 6.92 Å². The van der Waals surface area contributed by atoms with E-state index in [4.69, 9.17) is 0 Å². The van der Waals surface area contributed by atoms with Gasteiger partial charge in [-0.25, -0.2) is 8.42 Å². The predicted molar refractivity (Wildman–Crippen MR) is 85.5 cm³/mol. The maximum Gasteiger partial charge on any atom is 0.263 e. The molecule has 0 spiro atoms. The van der Waals surface area contributed by atoms with Gasteiger partial charge in [0.25, 0.3) is 10.0 Å². The van der Waals surface area contributed by atoms with E-state index in [9.17, 15) is 13.5 Å². The third-order valence-corrected chi connectivity index (χ3v) is 5.82. The summed E-state index contributed by atoms with van der Waals surface area (Å²) in [5.41, 5.74) is 1.31. The fourth-order valence-corrected chi connectivity index (χ4v) is 4.31. The highest BCUT2D eigenvalue weighted by molar-refractivity contribution is 9.11. The Morgan fingerprint density at radius 2 is 1.65 bits per heavy atom. The van der Waals surface area contributed by atoms with Crippen LogP contribution in [0.4, 0.5) is 5.69 Å². The van der Waals surface area contributed by atoms with Crippen LogP contribution in [0.15, 0.2) is 50.2 Å². The van der Waals surface area contributed by atoms with Gasteiger partial charge in [0.2, 0.25) is 0 Å². The summed E-state index contributed by atoms with van der Waals surface area (Å²) in [6.45, 7) is 1.87. The van der Waals surface area contributed by atoms with Crippen molar-refractivity contribution in [3.8, 4) is 5.75 Å². The van der Waals surface area contributed by atoms with Gasteiger partial charge in [0.15, 0.2) is 0 Å². The zero-order valence-electron chi connectivity index (χ0n) is 10.4. The number of halogens is 2. The predicted octanol–water partition coefficient (Wildman–Crippen LogP) is 4.03. The Bertz CT molecular complexity index is 743. The van der Waals surface area contributed by atoms with Gasteiger partial charge in [-0.05, 0) is 64.8 Å². The summed E-state index contributed by atoms with van der Waals surface area (Å²) >= 11 is 6.58. The Hall–Kier alpha value is -1.05. The van der Waals surface area contributed by atoms with Crippen LogP contribution in [0.5, 0.6) is 5.75 Å². The lowest BCUT2D eigenvalue weighted by Crippen LogP contribution is -2.13. The lowest BCUT2D eigenvalue weighted by atomic mass is 10.2. The quantitative estimate of drug-likeness (QED) is 0.736. The van der Waals surface area contributed by atoms with Gasteiger partial charge in [-0.15, -0.1) is 0 Å². The maximum atomic E-state index is 12.3. The average Bonchev–Trinajstić information content (AvgIpc) is 2.36. The van der Waals surface area contributed by atoms with Crippen LogP contribution in [0.3, 0.4) is 0 Å². The molecular weight excluding hydrogens is 410 g/mol.